The van der Waals surface area contributed by atoms with Crippen molar-refractivity contribution in [2.24, 2.45) is 0 Å². The molecule has 0 bridgehead atoms. The van der Waals surface area contributed by atoms with Crippen LogP contribution < -0.4 is 122 Å². The van der Waals surface area contributed by atoms with E-state index in [4.69, 9.17) is 0 Å². The van der Waals surface area contributed by atoms with E-state index in [-0.39, 0.29) is 122 Å². The molecule has 2 aromatic heterocycles. The number of aryl methyl sites for hydroxylation is 2. The second kappa shape index (κ2) is 8.43. The van der Waals surface area contributed by atoms with E-state index in [2.05, 4.69) is 32.8 Å². The number of carbonyl (C=O) groups is 1. The number of hydrogen-bond donors (Lipinski definition) is 1. The smallest absolute Gasteiger partial charge is 0.524 e. The number of rotatable bonds is 1. The van der Waals surface area contributed by atoms with E-state index in [1.54, 1.807) is 0 Å². The zero-order valence-electron chi connectivity index (χ0n) is 11.1. The molecule has 2 heterocycles. The largest absolute Gasteiger partial charge is 1.00 e. The summed E-state index contributed by atoms with van der Waals surface area (Å²) in [6, 6.07) is 0. The third-order valence-electron chi connectivity index (χ3n) is 2.50. The van der Waals surface area contributed by atoms with Crippen LogP contribution in [-0.4, -0.2) is 20.9 Å². The molecule has 1 N–H and O–H groups in total. The van der Waals surface area contributed by atoms with Crippen molar-refractivity contribution in [1.82, 2.24) is 15.0 Å². The van der Waals surface area contributed by atoms with Gasteiger partial charge < -0.3 is 15.3 Å². The summed E-state index contributed by atoms with van der Waals surface area (Å²) in [5.41, 5.74) is 2.82. The molecular formula is C11H8N4ORb2S. The number of carbonyl (C=O) groups excluding carboxylic acids is 1. The average Bonchev–Trinajstić information content (AvgIpc) is 2.70. The zero-order chi connectivity index (χ0) is 11.8. The SMILES string of the molecule is CC(=O)Nc1nc2c(s1)-c1n[c-]n[c-]c1CC2.[Rb+].[Rb+]. The molecule has 1 amide bonds. The van der Waals surface area contributed by atoms with Crippen molar-refractivity contribution in [3.8, 4) is 10.6 Å². The Bertz CT molecular complexity index is 602. The Morgan fingerprint density at radius 1 is 1.37 bits per heavy atom. The minimum absolute atomic E-state index is 0. The van der Waals surface area contributed by atoms with Gasteiger partial charge in [-0.3, -0.25) is 11.0 Å². The van der Waals surface area contributed by atoms with Crippen molar-refractivity contribution in [1.29, 1.82) is 0 Å². The molecule has 1 aliphatic rings. The zero-order valence-corrected chi connectivity index (χ0v) is 21.7. The van der Waals surface area contributed by atoms with Crippen LogP contribution in [-0.2, 0) is 17.6 Å². The van der Waals surface area contributed by atoms with Crippen LogP contribution in [0.3, 0.4) is 0 Å². The molecule has 0 saturated carbocycles. The van der Waals surface area contributed by atoms with Crippen molar-refractivity contribution in [3.05, 3.63) is 23.8 Å². The molecule has 0 atom stereocenters. The molecule has 0 spiro atoms. The molecule has 1 aliphatic carbocycles. The van der Waals surface area contributed by atoms with Crippen LogP contribution >= 0.6 is 11.3 Å². The van der Waals surface area contributed by atoms with Crippen LogP contribution in [0.5, 0.6) is 0 Å². The Morgan fingerprint density at radius 3 is 2.89 bits per heavy atom. The van der Waals surface area contributed by atoms with Crippen LogP contribution in [0.25, 0.3) is 10.6 Å². The van der Waals surface area contributed by atoms with E-state index in [0.29, 0.717) is 5.13 Å². The maximum atomic E-state index is 11.0. The summed E-state index contributed by atoms with van der Waals surface area (Å²) in [6.07, 6.45) is 7.12. The van der Waals surface area contributed by atoms with Crippen molar-refractivity contribution in [2.75, 3.05) is 5.32 Å². The van der Waals surface area contributed by atoms with Crippen molar-refractivity contribution in [3.63, 3.8) is 0 Å². The average molecular weight is 415 g/mol. The number of nitrogens with zero attached hydrogens (tertiary/aromatic N) is 3. The topological polar surface area (TPSA) is 67.8 Å². The fourth-order valence-electron chi connectivity index (χ4n) is 1.80. The Morgan fingerprint density at radius 2 is 2.16 bits per heavy atom. The standard InChI is InChI=1S/C11H8N4OS.2Rb/c1-6(16)14-11-15-8-3-2-7-4-12-5-13-9(7)10(8)17-11;;/h2-3H2,1H3,(H,14,15,16);;/q-2;2*+1. The van der Waals surface area contributed by atoms with Gasteiger partial charge in [0, 0.05) is 12.6 Å². The van der Waals surface area contributed by atoms with Gasteiger partial charge in [0.25, 0.3) is 0 Å². The first kappa shape index (κ1) is 18.8. The summed E-state index contributed by atoms with van der Waals surface area (Å²) >= 11 is 1.43. The number of aromatic nitrogens is 3. The third-order valence-corrected chi connectivity index (χ3v) is 3.52. The summed E-state index contributed by atoms with van der Waals surface area (Å²) in [4.78, 5) is 24.3. The van der Waals surface area contributed by atoms with Gasteiger partial charge in [-0.25, -0.2) is 10.5 Å². The normalized spacial score (nSPS) is 11.4. The van der Waals surface area contributed by atoms with E-state index in [9.17, 15) is 4.79 Å². The van der Waals surface area contributed by atoms with Crippen LogP contribution in [0.4, 0.5) is 5.13 Å². The van der Waals surface area contributed by atoms with E-state index >= 15 is 0 Å². The van der Waals surface area contributed by atoms with Crippen molar-refractivity contribution >= 4 is 22.4 Å². The predicted octanol–water partition coefficient (Wildman–Crippen LogP) is -4.73. The number of hydrogen-bond acceptors (Lipinski definition) is 5. The van der Waals surface area contributed by atoms with Gasteiger partial charge in [0.05, 0.1) is 0 Å². The first-order valence-corrected chi connectivity index (χ1v) is 5.98. The van der Waals surface area contributed by atoms with Gasteiger partial charge in [-0.15, -0.1) is 17.0 Å². The van der Waals surface area contributed by atoms with Crippen molar-refractivity contribution < 1.29 is 121 Å². The molecule has 2 aromatic rings. The fraction of sp³-hybridized carbons (Fsp3) is 0.273. The molecule has 5 nitrogen and oxygen atoms in total. The summed E-state index contributed by atoms with van der Waals surface area (Å²) in [5, 5.41) is 3.32. The maximum Gasteiger partial charge on any atom is 1.00 e. The molecule has 0 aliphatic heterocycles. The van der Waals surface area contributed by atoms with Gasteiger partial charge in [0.1, 0.15) is 0 Å². The quantitative estimate of drug-likeness (QED) is 0.476. The van der Waals surface area contributed by atoms with Crippen LogP contribution in [0.15, 0.2) is 0 Å². The first-order chi connectivity index (χ1) is 8.24. The van der Waals surface area contributed by atoms with Gasteiger partial charge in [-0.2, -0.15) is 6.33 Å². The molecule has 0 saturated heterocycles. The summed E-state index contributed by atoms with van der Waals surface area (Å²) in [7, 11) is 0. The minimum Gasteiger partial charge on any atom is -0.524 e. The molecular weight excluding hydrogens is 407 g/mol. The summed E-state index contributed by atoms with van der Waals surface area (Å²) in [5.74, 6) is -0.114. The first-order valence-electron chi connectivity index (χ1n) is 5.16. The molecule has 0 fully saturated rings. The monoisotopic (exact) mass is 414 g/mol. The van der Waals surface area contributed by atoms with E-state index in [1.165, 1.54) is 18.3 Å². The molecule has 19 heavy (non-hydrogen) atoms. The predicted molar refractivity (Wildman–Crippen MR) is 62.5 cm³/mol. The summed E-state index contributed by atoms with van der Waals surface area (Å²) in [6.45, 7) is 1.47. The Kier molecular flexibility index (Phi) is 8.36. The Labute approximate surface area is 213 Å². The Balaban J connectivity index is 0.000000902. The van der Waals surface area contributed by atoms with E-state index < -0.39 is 0 Å². The van der Waals surface area contributed by atoms with Crippen molar-refractivity contribution in [2.45, 2.75) is 19.8 Å². The maximum absolute atomic E-state index is 11.0. The number of thiazole rings is 1. The number of fused-ring (bicyclic) bond motifs is 3. The fourth-order valence-corrected chi connectivity index (χ4v) is 2.88. The number of amides is 1. The van der Waals surface area contributed by atoms with E-state index in [1.807, 2.05) is 0 Å². The molecule has 86 valence electrons. The number of anilines is 1. The second-order valence-corrected chi connectivity index (χ2v) is 4.74. The van der Waals surface area contributed by atoms with Gasteiger partial charge in [-0.05, 0) is 11.3 Å². The van der Waals surface area contributed by atoms with Crippen LogP contribution in [0.2, 0.25) is 0 Å². The molecule has 0 radical (unpaired) electrons. The molecule has 3 rings (SSSR count). The third kappa shape index (κ3) is 4.39. The van der Waals surface area contributed by atoms with Crippen LogP contribution in [0, 0.1) is 12.5 Å². The van der Waals surface area contributed by atoms with Gasteiger partial charge >= 0.3 is 116 Å². The van der Waals surface area contributed by atoms with E-state index in [0.717, 1.165) is 34.7 Å². The second-order valence-electron chi connectivity index (χ2n) is 3.74. The van der Waals surface area contributed by atoms with Gasteiger partial charge in [0.2, 0.25) is 5.91 Å². The summed E-state index contributed by atoms with van der Waals surface area (Å²) < 4.78 is 0. The van der Waals surface area contributed by atoms with Gasteiger partial charge in [-0.1, -0.05) is 6.42 Å². The van der Waals surface area contributed by atoms with Gasteiger partial charge in [0.15, 0.2) is 5.13 Å². The molecule has 0 unspecified atom stereocenters. The molecule has 8 heteroatoms. The molecule has 0 aromatic carbocycles. The minimum atomic E-state index is -0.114. The number of nitrogens with one attached hydrogen (secondary N) is 1. The van der Waals surface area contributed by atoms with Crippen LogP contribution in [0.1, 0.15) is 18.2 Å². The Hall–Kier alpha value is 1.79.